The Bertz CT molecular complexity index is 690. The zero-order chi connectivity index (χ0) is 17.6. The van der Waals surface area contributed by atoms with Gasteiger partial charge in [0.1, 0.15) is 0 Å². The molecule has 0 spiro atoms. The number of para-hydroxylation sites is 1. The van der Waals surface area contributed by atoms with Crippen LogP contribution < -0.4 is 10.6 Å². The second kappa shape index (κ2) is 8.28. The van der Waals surface area contributed by atoms with Crippen LogP contribution in [0.25, 0.3) is 0 Å². The van der Waals surface area contributed by atoms with E-state index in [1.165, 1.54) is 49.7 Å². The van der Waals surface area contributed by atoms with Crippen molar-refractivity contribution in [3.05, 3.63) is 35.5 Å². The van der Waals surface area contributed by atoms with Gasteiger partial charge in [-0.3, -0.25) is 0 Å². The maximum absolute atomic E-state index is 4.64. The van der Waals surface area contributed by atoms with Crippen molar-refractivity contribution in [1.82, 2.24) is 15.2 Å². The van der Waals surface area contributed by atoms with Crippen molar-refractivity contribution < 1.29 is 0 Å². The molecule has 1 heterocycles. The van der Waals surface area contributed by atoms with E-state index in [1.807, 2.05) is 0 Å². The number of benzene rings is 1. The molecule has 1 saturated carbocycles. The van der Waals surface area contributed by atoms with Crippen molar-refractivity contribution in [3.8, 4) is 0 Å². The molecule has 25 heavy (non-hydrogen) atoms. The van der Waals surface area contributed by atoms with Gasteiger partial charge in [0.2, 0.25) is 5.95 Å². The molecule has 0 unspecified atom stereocenters. The van der Waals surface area contributed by atoms with Gasteiger partial charge < -0.3 is 10.6 Å². The number of aryl methyl sites for hydroxylation is 1. The van der Waals surface area contributed by atoms with E-state index in [1.54, 1.807) is 6.20 Å². The summed E-state index contributed by atoms with van der Waals surface area (Å²) in [6, 6.07) is 6.85. The van der Waals surface area contributed by atoms with E-state index < -0.39 is 0 Å². The minimum absolute atomic E-state index is 0.445. The van der Waals surface area contributed by atoms with E-state index in [0.717, 1.165) is 11.5 Å². The highest BCUT2D eigenvalue weighted by molar-refractivity contribution is 5.65. The average molecular weight is 339 g/mol. The Morgan fingerprint density at radius 3 is 2.56 bits per heavy atom. The predicted molar refractivity (Wildman–Crippen MR) is 103 cm³/mol. The first-order chi connectivity index (χ1) is 12.1. The minimum Gasteiger partial charge on any atom is -0.350 e. The van der Waals surface area contributed by atoms with Crippen LogP contribution in [0, 0.1) is 6.92 Å². The predicted octanol–water partition coefficient (Wildman–Crippen LogP) is 5.18. The zero-order valence-electron chi connectivity index (χ0n) is 15.5. The lowest BCUT2D eigenvalue weighted by atomic mass is 9.98. The second-order valence-electron chi connectivity index (χ2n) is 7.32. The largest absolute Gasteiger partial charge is 0.350 e. The lowest BCUT2D eigenvalue weighted by Crippen LogP contribution is -2.20. The molecule has 1 fully saturated rings. The number of hydrogen-bond donors (Lipinski definition) is 2. The van der Waals surface area contributed by atoms with E-state index in [2.05, 4.69) is 64.8 Å². The molecule has 0 amide bonds. The van der Waals surface area contributed by atoms with E-state index >= 15 is 0 Å². The molecule has 1 aromatic carbocycles. The van der Waals surface area contributed by atoms with E-state index in [-0.39, 0.29) is 0 Å². The van der Waals surface area contributed by atoms with Crippen LogP contribution in [0.5, 0.6) is 0 Å². The monoisotopic (exact) mass is 339 g/mol. The molecule has 1 aliphatic carbocycles. The van der Waals surface area contributed by atoms with Crippen molar-refractivity contribution in [2.24, 2.45) is 0 Å². The van der Waals surface area contributed by atoms with Crippen LogP contribution >= 0.6 is 0 Å². The highest BCUT2D eigenvalue weighted by atomic mass is 15.3. The van der Waals surface area contributed by atoms with Crippen molar-refractivity contribution in [2.45, 2.75) is 71.3 Å². The molecule has 1 aromatic heterocycles. The lowest BCUT2D eigenvalue weighted by molar-refractivity contribution is 0.613. The molecule has 0 saturated heterocycles. The minimum atomic E-state index is 0.445. The van der Waals surface area contributed by atoms with E-state index in [0.29, 0.717) is 17.9 Å². The van der Waals surface area contributed by atoms with Crippen LogP contribution in [0.2, 0.25) is 0 Å². The normalized spacial score (nSPS) is 15.8. The fraction of sp³-hybridized carbons (Fsp3) is 0.550. The summed E-state index contributed by atoms with van der Waals surface area (Å²) in [6.07, 6.45) is 9.31. The van der Waals surface area contributed by atoms with Gasteiger partial charge in [0, 0.05) is 11.7 Å². The van der Waals surface area contributed by atoms with E-state index in [4.69, 9.17) is 0 Å². The summed E-state index contributed by atoms with van der Waals surface area (Å²) in [7, 11) is 0. The summed E-state index contributed by atoms with van der Waals surface area (Å²) in [6.45, 7) is 6.53. The summed E-state index contributed by atoms with van der Waals surface area (Å²) in [5.74, 6) is 1.81. The van der Waals surface area contributed by atoms with Crippen LogP contribution in [0.4, 0.5) is 17.5 Å². The van der Waals surface area contributed by atoms with Gasteiger partial charge in [0.15, 0.2) is 5.82 Å². The van der Waals surface area contributed by atoms with Crippen molar-refractivity contribution >= 4 is 17.5 Å². The molecule has 2 aromatic rings. The first-order valence-corrected chi connectivity index (χ1v) is 9.46. The van der Waals surface area contributed by atoms with Crippen molar-refractivity contribution in [1.29, 1.82) is 0 Å². The Labute approximate surface area is 150 Å². The topological polar surface area (TPSA) is 62.7 Å². The molecule has 2 N–H and O–H groups in total. The van der Waals surface area contributed by atoms with Gasteiger partial charge in [-0.2, -0.15) is 10.1 Å². The SMILES string of the molecule is Cc1cccc(C(C)C)c1Nc1cnnc(NC2CCCCCC2)n1. The number of aromatic nitrogens is 3. The van der Waals surface area contributed by atoms with Crippen LogP contribution in [0.3, 0.4) is 0 Å². The Hall–Kier alpha value is -2.17. The van der Waals surface area contributed by atoms with Crippen LogP contribution in [-0.2, 0) is 0 Å². The Balaban J connectivity index is 1.76. The zero-order valence-corrected chi connectivity index (χ0v) is 15.5. The molecule has 0 radical (unpaired) electrons. The summed E-state index contributed by atoms with van der Waals surface area (Å²) < 4.78 is 0. The molecule has 0 atom stereocenters. The Kier molecular flexibility index (Phi) is 5.84. The smallest absolute Gasteiger partial charge is 0.244 e. The number of rotatable bonds is 5. The van der Waals surface area contributed by atoms with Gasteiger partial charge in [-0.15, -0.1) is 5.10 Å². The third-order valence-electron chi connectivity index (χ3n) is 4.93. The van der Waals surface area contributed by atoms with Gasteiger partial charge >= 0.3 is 0 Å². The number of nitrogens with zero attached hydrogens (tertiary/aromatic N) is 3. The van der Waals surface area contributed by atoms with Crippen molar-refractivity contribution in [3.63, 3.8) is 0 Å². The third-order valence-corrected chi connectivity index (χ3v) is 4.93. The van der Waals surface area contributed by atoms with Crippen molar-refractivity contribution in [2.75, 3.05) is 10.6 Å². The molecule has 3 rings (SSSR count). The van der Waals surface area contributed by atoms with Gasteiger partial charge in [-0.1, -0.05) is 57.7 Å². The van der Waals surface area contributed by atoms with Crippen LogP contribution in [-0.4, -0.2) is 21.2 Å². The molecule has 134 valence electrons. The Morgan fingerprint density at radius 2 is 1.84 bits per heavy atom. The number of nitrogens with one attached hydrogen (secondary N) is 2. The summed E-state index contributed by atoms with van der Waals surface area (Å²) >= 11 is 0. The molecule has 0 bridgehead atoms. The summed E-state index contributed by atoms with van der Waals surface area (Å²) in [4.78, 5) is 4.64. The average Bonchev–Trinajstić information content (AvgIpc) is 2.85. The maximum atomic E-state index is 4.64. The molecular formula is C20H29N5. The Morgan fingerprint density at radius 1 is 1.08 bits per heavy atom. The molecule has 1 aliphatic rings. The number of anilines is 3. The molecular weight excluding hydrogens is 310 g/mol. The first kappa shape index (κ1) is 17.6. The van der Waals surface area contributed by atoms with Gasteiger partial charge in [-0.05, 0) is 36.8 Å². The molecule has 5 heteroatoms. The van der Waals surface area contributed by atoms with Gasteiger partial charge in [0.05, 0.1) is 6.20 Å². The fourth-order valence-electron chi connectivity index (χ4n) is 3.50. The second-order valence-corrected chi connectivity index (χ2v) is 7.32. The number of hydrogen-bond acceptors (Lipinski definition) is 5. The lowest BCUT2D eigenvalue weighted by Gasteiger charge is -2.18. The molecule has 0 aliphatic heterocycles. The highest BCUT2D eigenvalue weighted by Gasteiger charge is 2.14. The highest BCUT2D eigenvalue weighted by Crippen LogP contribution is 2.29. The maximum Gasteiger partial charge on any atom is 0.244 e. The van der Waals surface area contributed by atoms with Crippen LogP contribution in [0.15, 0.2) is 24.4 Å². The summed E-state index contributed by atoms with van der Waals surface area (Å²) in [5.41, 5.74) is 3.62. The first-order valence-electron chi connectivity index (χ1n) is 9.46. The van der Waals surface area contributed by atoms with Crippen LogP contribution in [0.1, 0.15) is 69.4 Å². The van der Waals surface area contributed by atoms with Gasteiger partial charge in [0.25, 0.3) is 0 Å². The third kappa shape index (κ3) is 4.68. The van der Waals surface area contributed by atoms with E-state index in [9.17, 15) is 0 Å². The fourth-order valence-corrected chi connectivity index (χ4v) is 3.50. The summed E-state index contributed by atoms with van der Waals surface area (Å²) in [5, 5.41) is 15.2. The standard InChI is InChI=1S/C20H29N5/c1-14(2)17-12-8-9-15(3)19(17)23-18-13-21-25-20(24-18)22-16-10-6-4-5-7-11-16/h8-9,12-14,16H,4-7,10-11H2,1-3H3,(H2,22,23,24,25). The molecule has 5 nitrogen and oxygen atoms in total. The quantitative estimate of drug-likeness (QED) is 0.735. The van der Waals surface area contributed by atoms with Gasteiger partial charge in [-0.25, -0.2) is 0 Å².